The maximum Gasteiger partial charge on any atom is 0.389 e. The number of benzene rings is 5. The molecule has 1 atom stereocenters. The monoisotopic (exact) mass is 787 g/mol. The van der Waals surface area contributed by atoms with Gasteiger partial charge in [0.25, 0.3) is 0 Å². The quantitative estimate of drug-likeness (QED) is 0.125. The Labute approximate surface area is 327 Å². The average molecular weight is 788 g/mol. The molecule has 5 aromatic carbocycles. The van der Waals surface area contributed by atoms with Gasteiger partial charge in [-0.2, -0.15) is 26.3 Å². The second-order valence-corrected chi connectivity index (χ2v) is 15.0. The van der Waals surface area contributed by atoms with Gasteiger partial charge in [0.05, 0.1) is 27.4 Å². The maximum atomic E-state index is 13.8. The van der Waals surface area contributed by atoms with E-state index in [0.717, 1.165) is 52.0 Å². The molecule has 0 amide bonds. The predicted octanol–water partition coefficient (Wildman–Crippen LogP) is 11.8. The number of anilines is 1. The summed E-state index contributed by atoms with van der Waals surface area (Å²) in [6, 6.07) is 28.9. The van der Waals surface area contributed by atoms with E-state index in [1.165, 1.54) is 0 Å². The van der Waals surface area contributed by atoms with Crippen molar-refractivity contribution in [2.75, 3.05) is 45.4 Å². The molecular weight excluding hydrogens is 744 g/mol. The summed E-state index contributed by atoms with van der Waals surface area (Å²) >= 11 is 0. The Bertz CT molecular complexity index is 2260. The molecule has 0 spiro atoms. The van der Waals surface area contributed by atoms with E-state index in [4.69, 9.17) is 18.9 Å². The molecule has 1 saturated heterocycles. The first-order valence-electron chi connectivity index (χ1n) is 19.2. The van der Waals surface area contributed by atoms with Gasteiger partial charge in [0.15, 0.2) is 5.60 Å². The van der Waals surface area contributed by atoms with Crippen LogP contribution in [-0.4, -0.2) is 52.9 Å². The van der Waals surface area contributed by atoms with Crippen molar-refractivity contribution >= 4 is 22.5 Å². The van der Waals surface area contributed by atoms with Crippen LogP contribution in [0.15, 0.2) is 97.1 Å². The first kappa shape index (κ1) is 38.7. The SMILES string of the molecule is COc1ccc(C2(c3ccc(N4CCOCC4)cc3)C=Cc3c4c(c5ccc(OC)cc5c3O2)-c2ccccc2C4(CCCC(F)(F)F)CCCC(F)(F)F)cc1. The Morgan fingerprint density at radius 3 is 1.91 bits per heavy atom. The van der Waals surface area contributed by atoms with Crippen LogP contribution < -0.4 is 19.1 Å². The fraction of sp³-hybridized carbons (Fsp3) is 0.348. The lowest BCUT2D eigenvalue weighted by molar-refractivity contribution is -0.136. The van der Waals surface area contributed by atoms with Crippen molar-refractivity contribution in [3.8, 4) is 28.4 Å². The minimum Gasteiger partial charge on any atom is -0.497 e. The fourth-order valence-electron chi connectivity index (χ4n) is 9.16. The summed E-state index contributed by atoms with van der Waals surface area (Å²) in [6.07, 6.45) is -7.53. The van der Waals surface area contributed by atoms with Crippen LogP contribution in [0, 0.1) is 0 Å². The molecule has 0 radical (unpaired) electrons. The van der Waals surface area contributed by atoms with E-state index in [1.54, 1.807) is 14.2 Å². The lowest BCUT2D eigenvalue weighted by Gasteiger charge is -2.40. The van der Waals surface area contributed by atoms with Gasteiger partial charge in [-0.3, -0.25) is 0 Å². The molecule has 2 heterocycles. The van der Waals surface area contributed by atoms with Crippen LogP contribution in [0.4, 0.5) is 32.0 Å². The number of nitrogens with zero attached hydrogens (tertiary/aromatic N) is 1. The van der Waals surface area contributed by atoms with Crippen molar-refractivity contribution in [1.82, 2.24) is 0 Å². The van der Waals surface area contributed by atoms with Gasteiger partial charge in [0, 0.05) is 59.1 Å². The van der Waals surface area contributed by atoms with E-state index < -0.39 is 36.2 Å². The number of rotatable bonds is 11. The molecule has 8 rings (SSSR count). The standard InChI is InChI=1S/C46H43F6NO4/c1-54-33-15-11-31(12-16-33)44(30-9-13-32(14-10-30)53-25-27-56-28-26-53)24-19-37-41-40(35-18-17-34(55-2)29-38(35)42(37)57-44)36-7-3-4-8-39(36)43(41,20-5-22-45(47,48)49)21-6-23-46(50,51)52/h3-4,7-19,24,29H,5-6,20-23,25-28H2,1-2H3. The summed E-state index contributed by atoms with van der Waals surface area (Å²) < 4.78 is 107. The zero-order valence-corrected chi connectivity index (χ0v) is 31.7. The van der Waals surface area contributed by atoms with Crippen LogP contribution >= 0.6 is 0 Å². The summed E-state index contributed by atoms with van der Waals surface area (Å²) in [5, 5.41) is 1.48. The molecule has 1 fully saturated rings. The second kappa shape index (κ2) is 15.0. The molecular formula is C46H43F6NO4. The minimum atomic E-state index is -4.42. The van der Waals surface area contributed by atoms with E-state index in [1.807, 2.05) is 91.0 Å². The molecule has 0 aromatic heterocycles. The first-order valence-corrected chi connectivity index (χ1v) is 19.2. The van der Waals surface area contributed by atoms with E-state index in [2.05, 4.69) is 17.0 Å². The lowest BCUT2D eigenvalue weighted by Crippen LogP contribution is -2.37. The molecule has 5 nitrogen and oxygen atoms in total. The first-order chi connectivity index (χ1) is 27.4. The Kier molecular flexibility index (Phi) is 10.2. The molecule has 298 valence electrons. The van der Waals surface area contributed by atoms with Crippen LogP contribution in [0.2, 0.25) is 0 Å². The lowest BCUT2D eigenvalue weighted by atomic mass is 9.68. The average Bonchev–Trinajstić information content (AvgIpc) is 3.50. The number of alkyl halides is 6. The van der Waals surface area contributed by atoms with Crippen LogP contribution in [0.1, 0.15) is 66.3 Å². The Morgan fingerprint density at radius 1 is 0.702 bits per heavy atom. The van der Waals surface area contributed by atoms with Gasteiger partial charge in [-0.05, 0) is 102 Å². The van der Waals surface area contributed by atoms with Gasteiger partial charge in [-0.25, -0.2) is 0 Å². The number of hydrogen-bond acceptors (Lipinski definition) is 5. The van der Waals surface area contributed by atoms with Crippen molar-refractivity contribution in [2.45, 2.75) is 61.9 Å². The maximum absolute atomic E-state index is 13.8. The van der Waals surface area contributed by atoms with Crippen LogP contribution in [-0.2, 0) is 15.8 Å². The van der Waals surface area contributed by atoms with Crippen LogP contribution in [0.3, 0.4) is 0 Å². The molecule has 5 aromatic rings. The number of fused-ring (bicyclic) bond motifs is 8. The third kappa shape index (κ3) is 7.19. The summed E-state index contributed by atoms with van der Waals surface area (Å²) in [6.45, 7) is 2.81. The molecule has 57 heavy (non-hydrogen) atoms. The zero-order valence-electron chi connectivity index (χ0n) is 31.7. The molecule has 3 aliphatic rings. The van der Waals surface area contributed by atoms with Gasteiger partial charge >= 0.3 is 12.4 Å². The zero-order chi connectivity index (χ0) is 40.0. The largest absolute Gasteiger partial charge is 0.497 e. The van der Waals surface area contributed by atoms with Gasteiger partial charge in [0.1, 0.15) is 17.2 Å². The molecule has 0 N–H and O–H groups in total. The number of halogens is 6. The summed E-state index contributed by atoms with van der Waals surface area (Å²) in [5.41, 5.74) is 3.97. The van der Waals surface area contributed by atoms with E-state index in [0.29, 0.717) is 47.0 Å². The van der Waals surface area contributed by atoms with Crippen LogP contribution in [0.25, 0.3) is 28.0 Å². The molecule has 2 aliphatic heterocycles. The highest BCUT2D eigenvalue weighted by Crippen LogP contribution is 2.61. The Balaban J connectivity index is 1.37. The second-order valence-electron chi connectivity index (χ2n) is 15.0. The van der Waals surface area contributed by atoms with Crippen molar-refractivity contribution in [2.24, 2.45) is 0 Å². The highest BCUT2D eigenvalue weighted by molar-refractivity contribution is 6.09. The smallest absolute Gasteiger partial charge is 0.389 e. The van der Waals surface area contributed by atoms with Gasteiger partial charge in [-0.15, -0.1) is 0 Å². The van der Waals surface area contributed by atoms with Gasteiger partial charge < -0.3 is 23.8 Å². The van der Waals surface area contributed by atoms with Crippen molar-refractivity contribution in [1.29, 1.82) is 0 Å². The number of methoxy groups -OCH3 is 2. The van der Waals surface area contributed by atoms with Crippen molar-refractivity contribution in [3.05, 3.63) is 125 Å². The molecule has 0 bridgehead atoms. The molecule has 0 saturated carbocycles. The number of morpholine rings is 1. The molecule has 1 aliphatic carbocycles. The van der Waals surface area contributed by atoms with Crippen molar-refractivity contribution in [3.63, 3.8) is 0 Å². The minimum absolute atomic E-state index is 0.00292. The van der Waals surface area contributed by atoms with Gasteiger partial charge in [0.2, 0.25) is 0 Å². The summed E-state index contributed by atoms with van der Waals surface area (Å²) in [5.74, 6) is 1.70. The Morgan fingerprint density at radius 2 is 1.30 bits per heavy atom. The third-order valence-corrected chi connectivity index (χ3v) is 11.8. The number of hydrogen-bond donors (Lipinski definition) is 0. The molecule has 11 heteroatoms. The van der Waals surface area contributed by atoms with Crippen molar-refractivity contribution < 1.29 is 45.3 Å². The predicted molar refractivity (Wildman–Crippen MR) is 209 cm³/mol. The van der Waals surface area contributed by atoms with E-state index in [9.17, 15) is 26.3 Å². The highest BCUT2D eigenvalue weighted by Gasteiger charge is 2.49. The van der Waals surface area contributed by atoms with Gasteiger partial charge in [-0.1, -0.05) is 54.6 Å². The van der Waals surface area contributed by atoms with E-state index in [-0.39, 0.29) is 25.7 Å². The third-order valence-electron chi connectivity index (χ3n) is 11.8. The highest BCUT2D eigenvalue weighted by atomic mass is 19.4. The van der Waals surface area contributed by atoms with Crippen LogP contribution in [0.5, 0.6) is 17.2 Å². The fourth-order valence-corrected chi connectivity index (χ4v) is 9.16. The van der Waals surface area contributed by atoms with E-state index >= 15 is 0 Å². The molecule has 1 unspecified atom stereocenters. The normalized spacial score (nSPS) is 18.5. The number of ether oxygens (including phenoxy) is 4. The topological polar surface area (TPSA) is 40.2 Å². The summed E-state index contributed by atoms with van der Waals surface area (Å²) in [7, 11) is 3.16. The summed E-state index contributed by atoms with van der Waals surface area (Å²) in [4.78, 5) is 2.26. The Hall–Kier alpha value is -5.16.